The van der Waals surface area contributed by atoms with E-state index in [2.05, 4.69) is 22.9 Å². The predicted molar refractivity (Wildman–Crippen MR) is 125 cm³/mol. The lowest BCUT2D eigenvalue weighted by atomic mass is 9.97. The zero-order valence-electron chi connectivity index (χ0n) is 19.4. The van der Waals surface area contributed by atoms with Crippen molar-refractivity contribution in [2.45, 2.75) is 20.3 Å². The molecule has 0 bridgehead atoms. The van der Waals surface area contributed by atoms with Crippen molar-refractivity contribution in [2.75, 3.05) is 46.9 Å². The van der Waals surface area contributed by atoms with Crippen molar-refractivity contribution in [3.63, 3.8) is 0 Å². The molecule has 2 aliphatic rings. The second-order valence-corrected chi connectivity index (χ2v) is 8.69. The first kappa shape index (κ1) is 22.1. The van der Waals surface area contributed by atoms with Crippen molar-refractivity contribution < 1.29 is 14.3 Å². The first-order valence-corrected chi connectivity index (χ1v) is 11.1. The summed E-state index contributed by atoms with van der Waals surface area (Å²) in [4.78, 5) is 32.9. The Labute approximate surface area is 190 Å². The highest BCUT2D eigenvalue weighted by Gasteiger charge is 2.42. The minimum atomic E-state index is -0.190. The van der Waals surface area contributed by atoms with Crippen LogP contribution >= 0.6 is 0 Å². The number of carbonyl (C=O) groups excluding carboxylic acids is 2. The molecule has 2 amide bonds. The summed E-state index contributed by atoms with van der Waals surface area (Å²) in [5.74, 6) is 0.422. The van der Waals surface area contributed by atoms with E-state index in [0.29, 0.717) is 24.2 Å². The maximum absolute atomic E-state index is 13.6. The third-order valence-electron chi connectivity index (χ3n) is 6.40. The van der Waals surface area contributed by atoms with Crippen LogP contribution in [-0.4, -0.2) is 73.4 Å². The molecular formula is C26H31N3O3. The van der Waals surface area contributed by atoms with E-state index in [1.807, 2.05) is 50.2 Å². The highest BCUT2D eigenvalue weighted by Crippen LogP contribution is 2.34. The van der Waals surface area contributed by atoms with E-state index in [1.54, 1.807) is 7.11 Å². The highest BCUT2D eigenvalue weighted by molar-refractivity contribution is 6.35. The van der Waals surface area contributed by atoms with Crippen LogP contribution in [0.25, 0.3) is 5.57 Å². The summed E-state index contributed by atoms with van der Waals surface area (Å²) < 4.78 is 5.22. The minimum Gasteiger partial charge on any atom is -0.497 e. The Morgan fingerprint density at radius 2 is 1.59 bits per heavy atom. The van der Waals surface area contributed by atoms with Crippen molar-refractivity contribution in [3.8, 4) is 5.75 Å². The number of ether oxygens (including phenoxy) is 1. The van der Waals surface area contributed by atoms with Gasteiger partial charge in [0, 0.05) is 32.7 Å². The quantitative estimate of drug-likeness (QED) is 0.656. The molecule has 0 atom stereocenters. The van der Waals surface area contributed by atoms with Crippen LogP contribution in [0.1, 0.15) is 22.3 Å². The number of methoxy groups -OCH3 is 1. The molecule has 0 spiro atoms. The fourth-order valence-electron chi connectivity index (χ4n) is 4.46. The fraction of sp³-hybridized carbons (Fsp3) is 0.385. The average molecular weight is 434 g/mol. The molecule has 6 heteroatoms. The van der Waals surface area contributed by atoms with Gasteiger partial charge in [-0.15, -0.1) is 0 Å². The summed E-state index contributed by atoms with van der Waals surface area (Å²) in [5.41, 5.74) is 5.19. The normalized spacial score (nSPS) is 17.5. The number of hydrogen-bond donors (Lipinski definition) is 0. The van der Waals surface area contributed by atoms with Gasteiger partial charge in [-0.2, -0.15) is 0 Å². The van der Waals surface area contributed by atoms with Crippen LogP contribution in [0, 0.1) is 13.8 Å². The zero-order chi connectivity index (χ0) is 22.8. The third-order valence-corrected chi connectivity index (χ3v) is 6.40. The average Bonchev–Trinajstić information content (AvgIpc) is 3.03. The van der Waals surface area contributed by atoms with Crippen molar-refractivity contribution >= 4 is 17.4 Å². The summed E-state index contributed by atoms with van der Waals surface area (Å²) >= 11 is 0. The molecule has 4 rings (SSSR count). The standard InChI is InChI=1S/C26H31N3O3/c1-18-5-10-22(19(2)17-18)23-24(28-15-13-27(3)14-16-28)26(31)29(25(23)30)12-11-20-6-8-21(32-4)9-7-20/h5-10,17H,11-16H2,1-4H3. The van der Waals surface area contributed by atoms with Crippen LogP contribution in [0.3, 0.4) is 0 Å². The van der Waals surface area contributed by atoms with E-state index in [1.165, 1.54) is 4.90 Å². The Morgan fingerprint density at radius 1 is 0.906 bits per heavy atom. The number of benzene rings is 2. The minimum absolute atomic E-state index is 0.178. The molecule has 1 fully saturated rings. The Kier molecular flexibility index (Phi) is 6.33. The number of aryl methyl sites for hydroxylation is 2. The van der Waals surface area contributed by atoms with E-state index in [-0.39, 0.29) is 11.8 Å². The lowest BCUT2D eigenvalue weighted by molar-refractivity contribution is -0.137. The molecule has 1 saturated heterocycles. The monoisotopic (exact) mass is 433 g/mol. The van der Waals surface area contributed by atoms with Crippen molar-refractivity contribution in [3.05, 3.63) is 70.4 Å². The molecule has 2 aromatic rings. The molecule has 2 heterocycles. The van der Waals surface area contributed by atoms with Gasteiger partial charge in [-0.3, -0.25) is 14.5 Å². The number of amides is 2. The van der Waals surface area contributed by atoms with Gasteiger partial charge in [-0.25, -0.2) is 0 Å². The van der Waals surface area contributed by atoms with Gasteiger partial charge < -0.3 is 14.5 Å². The van der Waals surface area contributed by atoms with Crippen LogP contribution < -0.4 is 4.74 Å². The largest absolute Gasteiger partial charge is 0.497 e. The van der Waals surface area contributed by atoms with E-state index in [9.17, 15) is 9.59 Å². The summed E-state index contributed by atoms with van der Waals surface area (Å²) in [5, 5.41) is 0. The van der Waals surface area contributed by atoms with Crippen molar-refractivity contribution in [1.29, 1.82) is 0 Å². The fourth-order valence-corrected chi connectivity index (χ4v) is 4.46. The van der Waals surface area contributed by atoms with E-state index in [0.717, 1.165) is 54.2 Å². The summed E-state index contributed by atoms with van der Waals surface area (Å²) in [6, 6.07) is 13.8. The van der Waals surface area contributed by atoms with Crippen LogP contribution in [0.5, 0.6) is 5.75 Å². The van der Waals surface area contributed by atoms with Gasteiger partial charge in [0.1, 0.15) is 11.4 Å². The molecule has 6 nitrogen and oxygen atoms in total. The van der Waals surface area contributed by atoms with Crippen LogP contribution in [0.15, 0.2) is 48.2 Å². The van der Waals surface area contributed by atoms with Crippen LogP contribution in [0.2, 0.25) is 0 Å². The SMILES string of the molecule is COc1ccc(CCN2C(=O)C(c3ccc(C)cc3C)=C(N3CCN(C)CC3)C2=O)cc1. The number of carbonyl (C=O) groups is 2. The number of likely N-dealkylation sites (N-methyl/N-ethyl adjacent to an activating group) is 1. The van der Waals surface area contributed by atoms with E-state index >= 15 is 0 Å². The van der Waals surface area contributed by atoms with E-state index in [4.69, 9.17) is 4.74 Å². The summed E-state index contributed by atoms with van der Waals surface area (Å²) in [7, 11) is 3.72. The highest BCUT2D eigenvalue weighted by atomic mass is 16.5. The first-order valence-electron chi connectivity index (χ1n) is 11.1. The molecule has 0 aliphatic carbocycles. The van der Waals surface area contributed by atoms with Gasteiger partial charge >= 0.3 is 0 Å². The lowest BCUT2D eigenvalue weighted by Gasteiger charge is -2.34. The van der Waals surface area contributed by atoms with Gasteiger partial charge in [0.25, 0.3) is 11.8 Å². The van der Waals surface area contributed by atoms with E-state index < -0.39 is 0 Å². The smallest absolute Gasteiger partial charge is 0.277 e. The maximum Gasteiger partial charge on any atom is 0.277 e. The van der Waals surface area contributed by atoms with Gasteiger partial charge in [0.05, 0.1) is 12.7 Å². The number of hydrogen-bond acceptors (Lipinski definition) is 5. The second kappa shape index (κ2) is 9.17. The first-order chi connectivity index (χ1) is 15.4. The summed E-state index contributed by atoms with van der Waals surface area (Å²) in [6.07, 6.45) is 0.609. The second-order valence-electron chi connectivity index (χ2n) is 8.69. The van der Waals surface area contributed by atoms with Gasteiger partial charge in [-0.1, -0.05) is 35.9 Å². The zero-order valence-corrected chi connectivity index (χ0v) is 19.4. The molecule has 0 unspecified atom stereocenters. The third kappa shape index (κ3) is 4.28. The Bertz CT molecular complexity index is 1050. The number of nitrogens with zero attached hydrogens (tertiary/aromatic N) is 3. The molecule has 2 aliphatic heterocycles. The molecule has 32 heavy (non-hydrogen) atoms. The lowest BCUT2D eigenvalue weighted by Crippen LogP contribution is -2.46. The molecule has 0 saturated carbocycles. The molecule has 168 valence electrons. The molecular weight excluding hydrogens is 402 g/mol. The predicted octanol–water partition coefficient (Wildman–Crippen LogP) is 2.88. The molecule has 0 N–H and O–H groups in total. The number of piperazine rings is 1. The van der Waals surface area contributed by atoms with Gasteiger partial charge in [0.2, 0.25) is 0 Å². The number of rotatable bonds is 6. The molecule has 0 aromatic heterocycles. The van der Waals surface area contributed by atoms with Crippen LogP contribution in [0.4, 0.5) is 0 Å². The Hall–Kier alpha value is -3.12. The van der Waals surface area contributed by atoms with Crippen molar-refractivity contribution in [2.24, 2.45) is 0 Å². The Morgan fingerprint density at radius 3 is 2.22 bits per heavy atom. The topological polar surface area (TPSA) is 53.1 Å². The van der Waals surface area contributed by atoms with Gasteiger partial charge in [0.15, 0.2) is 0 Å². The maximum atomic E-state index is 13.6. The molecule has 0 radical (unpaired) electrons. The Balaban J connectivity index is 1.64. The molecule has 2 aromatic carbocycles. The van der Waals surface area contributed by atoms with Crippen LogP contribution in [-0.2, 0) is 16.0 Å². The summed E-state index contributed by atoms with van der Waals surface area (Å²) in [6.45, 7) is 7.63. The number of imide groups is 1. The van der Waals surface area contributed by atoms with Gasteiger partial charge in [-0.05, 0) is 56.1 Å². The van der Waals surface area contributed by atoms with Crippen molar-refractivity contribution in [1.82, 2.24) is 14.7 Å².